The Morgan fingerprint density at radius 1 is 1.07 bits per heavy atom. The predicted molar refractivity (Wildman–Crippen MR) is 61.4 cm³/mol. The molecule has 2 rings (SSSR count). The largest absolute Gasteiger partial charge is 0.317 e. The molecule has 2 saturated carbocycles. The van der Waals surface area contributed by atoms with Crippen LogP contribution in [0.25, 0.3) is 0 Å². The Morgan fingerprint density at radius 2 is 1.71 bits per heavy atom. The predicted octanol–water partition coefficient (Wildman–Crippen LogP) is 3.35. The highest BCUT2D eigenvalue weighted by atomic mass is 14.9. The van der Waals surface area contributed by atoms with Crippen molar-refractivity contribution >= 4 is 0 Å². The minimum Gasteiger partial charge on any atom is -0.317 e. The molecule has 1 atom stereocenters. The van der Waals surface area contributed by atoms with Crippen LogP contribution in [0.5, 0.6) is 0 Å². The lowest BCUT2D eigenvalue weighted by Gasteiger charge is -2.20. The third-order valence-electron chi connectivity index (χ3n) is 4.35. The Balaban J connectivity index is 1.77. The van der Waals surface area contributed by atoms with Crippen LogP contribution in [0, 0.1) is 11.3 Å². The third kappa shape index (κ3) is 2.31. The van der Waals surface area contributed by atoms with Crippen LogP contribution in [-0.4, -0.2) is 13.1 Å². The van der Waals surface area contributed by atoms with Crippen molar-refractivity contribution in [3.63, 3.8) is 0 Å². The molecule has 2 aliphatic carbocycles. The van der Waals surface area contributed by atoms with Gasteiger partial charge in [-0.3, -0.25) is 0 Å². The fourth-order valence-electron chi connectivity index (χ4n) is 3.26. The lowest BCUT2D eigenvalue weighted by molar-refractivity contribution is 0.325. The van der Waals surface area contributed by atoms with Crippen LogP contribution in [0.15, 0.2) is 0 Å². The first kappa shape index (κ1) is 10.5. The van der Waals surface area contributed by atoms with E-state index in [1.54, 1.807) is 0 Å². The van der Waals surface area contributed by atoms with Gasteiger partial charge >= 0.3 is 0 Å². The van der Waals surface area contributed by atoms with Gasteiger partial charge in [0, 0.05) is 0 Å². The molecule has 1 unspecified atom stereocenters. The molecule has 1 N–H and O–H groups in total. The normalized spacial score (nSPS) is 31.1. The van der Waals surface area contributed by atoms with Gasteiger partial charge in [0.15, 0.2) is 0 Å². The van der Waals surface area contributed by atoms with E-state index in [4.69, 9.17) is 0 Å². The second kappa shape index (κ2) is 4.65. The van der Waals surface area contributed by atoms with Crippen molar-refractivity contribution in [2.24, 2.45) is 11.3 Å². The molecule has 14 heavy (non-hydrogen) atoms. The minimum atomic E-state index is 0.808. The van der Waals surface area contributed by atoms with Crippen LogP contribution < -0.4 is 5.32 Å². The first-order valence-electron chi connectivity index (χ1n) is 6.58. The topological polar surface area (TPSA) is 12.0 Å². The molecule has 0 aliphatic heterocycles. The fraction of sp³-hybridized carbons (Fsp3) is 1.00. The van der Waals surface area contributed by atoms with E-state index in [0.717, 1.165) is 17.9 Å². The second-order valence-corrected chi connectivity index (χ2v) is 5.34. The smallest absolute Gasteiger partial charge is 0.00151 e. The Kier molecular flexibility index (Phi) is 3.48. The first-order valence-corrected chi connectivity index (χ1v) is 6.58. The van der Waals surface area contributed by atoms with E-state index in [9.17, 15) is 0 Å². The second-order valence-electron chi connectivity index (χ2n) is 5.34. The van der Waals surface area contributed by atoms with Gasteiger partial charge in [-0.1, -0.05) is 39.0 Å². The van der Waals surface area contributed by atoms with Gasteiger partial charge in [0.05, 0.1) is 0 Å². The van der Waals surface area contributed by atoms with Gasteiger partial charge in [0.1, 0.15) is 0 Å². The summed E-state index contributed by atoms with van der Waals surface area (Å²) in [6.07, 6.45) is 12.1. The Labute approximate surface area is 88.7 Å². The molecule has 0 radical (unpaired) electrons. The summed E-state index contributed by atoms with van der Waals surface area (Å²) in [6.45, 7) is 4.65. The molecule has 0 heterocycles. The Hall–Kier alpha value is -0.0400. The SMILES string of the molecule is CCNCC1CC12CCCCCCC2. The zero-order valence-corrected chi connectivity index (χ0v) is 9.65. The van der Waals surface area contributed by atoms with Crippen LogP contribution in [0.4, 0.5) is 0 Å². The van der Waals surface area contributed by atoms with Crippen LogP contribution in [0.3, 0.4) is 0 Å². The van der Waals surface area contributed by atoms with Crippen LogP contribution in [-0.2, 0) is 0 Å². The maximum absolute atomic E-state index is 3.52. The molecule has 82 valence electrons. The van der Waals surface area contributed by atoms with E-state index in [2.05, 4.69) is 12.2 Å². The Morgan fingerprint density at radius 3 is 2.36 bits per heavy atom. The maximum Gasteiger partial charge on any atom is -0.00151 e. The lowest BCUT2D eigenvalue weighted by Crippen LogP contribution is -2.19. The van der Waals surface area contributed by atoms with Crippen molar-refractivity contribution in [1.29, 1.82) is 0 Å². The molecule has 0 aromatic heterocycles. The summed E-state index contributed by atoms with van der Waals surface area (Å²) in [5.41, 5.74) is 0.808. The molecular formula is C13H25N. The maximum atomic E-state index is 3.52. The number of hydrogen-bond acceptors (Lipinski definition) is 1. The zero-order chi connectivity index (χ0) is 9.86. The summed E-state index contributed by atoms with van der Waals surface area (Å²) in [7, 11) is 0. The van der Waals surface area contributed by atoms with E-state index in [1.165, 1.54) is 57.9 Å². The third-order valence-corrected chi connectivity index (χ3v) is 4.35. The Bertz CT molecular complexity index is 168. The van der Waals surface area contributed by atoms with Crippen molar-refractivity contribution < 1.29 is 0 Å². The molecule has 1 spiro atoms. The summed E-state index contributed by atoms with van der Waals surface area (Å²) in [6, 6.07) is 0. The van der Waals surface area contributed by atoms with Crippen molar-refractivity contribution in [3.05, 3.63) is 0 Å². The van der Waals surface area contributed by atoms with E-state index < -0.39 is 0 Å². The van der Waals surface area contributed by atoms with Crippen molar-refractivity contribution in [2.45, 2.75) is 58.3 Å². The molecule has 2 aliphatic rings. The van der Waals surface area contributed by atoms with Crippen LogP contribution in [0.1, 0.15) is 58.3 Å². The van der Waals surface area contributed by atoms with Gasteiger partial charge in [-0.2, -0.15) is 0 Å². The minimum absolute atomic E-state index is 0.808. The monoisotopic (exact) mass is 195 g/mol. The molecule has 0 saturated heterocycles. The molecule has 0 amide bonds. The van der Waals surface area contributed by atoms with E-state index in [0.29, 0.717) is 0 Å². The molecule has 2 fully saturated rings. The molecule has 0 aromatic carbocycles. The molecule has 1 heteroatoms. The molecular weight excluding hydrogens is 170 g/mol. The summed E-state index contributed by atoms with van der Waals surface area (Å²) >= 11 is 0. The van der Waals surface area contributed by atoms with E-state index in [-0.39, 0.29) is 0 Å². The number of hydrogen-bond donors (Lipinski definition) is 1. The van der Waals surface area contributed by atoms with Crippen molar-refractivity contribution in [1.82, 2.24) is 5.32 Å². The average molecular weight is 195 g/mol. The first-order chi connectivity index (χ1) is 6.87. The van der Waals surface area contributed by atoms with E-state index in [1.807, 2.05) is 0 Å². The highest BCUT2D eigenvalue weighted by Crippen LogP contribution is 2.59. The summed E-state index contributed by atoms with van der Waals surface area (Å²) in [5, 5.41) is 3.52. The van der Waals surface area contributed by atoms with E-state index >= 15 is 0 Å². The van der Waals surface area contributed by atoms with Crippen molar-refractivity contribution in [2.75, 3.05) is 13.1 Å². The van der Waals surface area contributed by atoms with Crippen LogP contribution >= 0.6 is 0 Å². The van der Waals surface area contributed by atoms with Gasteiger partial charge in [0.25, 0.3) is 0 Å². The van der Waals surface area contributed by atoms with Crippen LogP contribution in [0.2, 0.25) is 0 Å². The lowest BCUT2D eigenvalue weighted by atomic mass is 9.86. The highest BCUT2D eigenvalue weighted by Gasteiger charge is 2.51. The van der Waals surface area contributed by atoms with Crippen molar-refractivity contribution in [3.8, 4) is 0 Å². The number of nitrogens with one attached hydrogen (secondary N) is 1. The van der Waals surface area contributed by atoms with Gasteiger partial charge in [0.2, 0.25) is 0 Å². The number of rotatable bonds is 3. The highest BCUT2D eigenvalue weighted by molar-refractivity contribution is 5.02. The average Bonchev–Trinajstić information content (AvgIpc) is 2.84. The van der Waals surface area contributed by atoms with Gasteiger partial charge in [-0.15, -0.1) is 0 Å². The fourth-order valence-corrected chi connectivity index (χ4v) is 3.26. The van der Waals surface area contributed by atoms with Gasteiger partial charge in [-0.05, 0) is 43.7 Å². The van der Waals surface area contributed by atoms with Gasteiger partial charge < -0.3 is 5.32 Å². The zero-order valence-electron chi connectivity index (χ0n) is 9.65. The quantitative estimate of drug-likeness (QED) is 0.728. The van der Waals surface area contributed by atoms with Gasteiger partial charge in [-0.25, -0.2) is 0 Å². The summed E-state index contributed by atoms with van der Waals surface area (Å²) in [5.74, 6) is 1.03. The molecule has 1 nitrogen and oxygen atoms in total. The standard InChI is InChI=1S/C13H25N/c1-2-14-11-12-10-13(12)8-6-4-3-5-7-9-13/h12,14H,2-11H2,1H3. The molecule has 0 bridgehead atoms. The summed E-state index contributed by atoms with van der Waals surface area (Å²) < 4.78 is 0. The molecule has 0 aromatic rings. The summed E-state index contributed by atoms with van der Waals surface area (Å²) in [4.78, 5) is 0.